The fourth-order valence-corrected chi connectivity index (χ4v) is 1.72. The molecule has 1 atom stereocenters. The third-order valence-corrected chi connectivity index (χ3v) is 2.95. The zero-order chi connectivity index (χ0) is 12.9. The largest absolute Gasteiger partial charge is 0.508 e. The van der Waals surface area contributed by atoms with Gasteiger partial charge in [-0.05, 0) is 24.1 Å². The van der Waals surface area contributed by atoms with Crippen LogP contribution in [0.2, 0.25) is 0 Å². The molecule has 0 aliphatic heterocycles. The van der Waals surface area contributed by atoms with Gasteiger partial charge in [-0.2, -0.15) is 0 Å². The molecule has 0 saturated carbocycles. The molecule has 0 radical (unpaired) electrons. The standard InChI is InChI=1S/C15H23NO/c1-5-15(4,11-16-12(2)3)10-13-6-8-14(17)9-7-13/h5-9,12,16-17H,1,10-11H2,2-4H3. The van der Waals surface area contributed by atoms with Crippen molar-refractivity contribution >= 4 is 0 Å². The first-order chi connectivity index (χ1) is 7.95. The normalized spacial score (nSPS) is 14.6. The Morgan fingerprint density at radius 2 is 1.94 bits per heavy atom. The number of rotatable bonds is 6. The van der Waals surface area contributed by atoms with Crippen LogP contribution in [-0.4, -0.2) is 17.7 Å². The molecule has 0 saturated heterocycles. The summed E-state index contributed by atoms with van der Waals surface area (Å²) >= 11 is 0. The van der Waals surface area contributed by atoms with Crippen LogP contribution in [0.1, 0.15) is 26.3 Å². The van der Waals surface area contributed by atoms with Gasteiger partial charge in [0.15, 0.2) is 0 Å². The Morgan fingerprint density at radius 1 is 1.35 bits per heavy atom. The summed E-state index contributed by atoms with van der Waals surface area (Å²) in [6, 6.07) is 7.87. The lowest BCUT2D eigenvalue weighted by Gasteiger charge is -2.27. The fourth-order valence-electron chi connectivity index (χ4n) is 1.72. The van der Waals surface area contributed by atoms with E-state index in [-0.39, 0.29) is 5.41 Å². The van der Waals surface area contributed by atoms with Crippen LogP contribution in [0.5, 0.6) is 5.75 Å². The molecule has 2 heteroatoms. The van der Waals surface area contributed by atoms with E-state index >= 15 is 0 Å². The third kappa shape index (κ3) is 4.61. The maximum absolute atomic E-state index is 9.26. The minimum atomic E-state index is 0.0429. The van der Waals surface area contributed by atoms with Crippen molar-refractivity contribution in [2.45, 2.75) is 33.2 Å². The van der Waals surface area contributed by atoms with Gasteiger partial charge >= 0.3 is 0 Å². The summed E-state index contributed by atoms with van der Waals surface area (Å²) in [5, 5.41) is 12.7. The number of phenols is 1. The lowest BCUT2D eigenvalue weighted by Crippen LogP contribution is -2.35. The van der Waals surface area contributed by atoms with Crippen molar-refractivity contribution in [1.29, 1.82) is 0 Å². The maximum Gasteiger partial charge on any atom is 0.115 e. The predicted octanol–water partition coefficient (Wildman–Crippen LogP) is 3.13. The molecule has 0 aromatic heterocycles. The number of hydrogen-bond donors (Lipinski definition) is 2. The van der Waals surface area contributed by atoms with E-state index in [0.717, 1.165) is 13.0 Å². The summed E-state index contributed by atoms with van der Waals surface area (Å²) in [6.45, 7) is 11.3. The molecule has 0 aliphatic rings. The Kier molecular flexibility index (Phi) is 4.76. The average Bonchev–Trinajstić information content (AvgIpc) is 2.30. The Bertz CT molecular complexity index is 356. The van der Waals surface area contributed by atoms with Gasteiger partial charge in [-0.1, -0.05) is 39.0 Å². The molecule has 94 valence electrons. The van der Waals surface area contributed by atoms with Crippen molar-refractivity contribution < 1.29 is 5.11 Å². The molecule has 2 nitrogen and oxygen atoms in total. The highest BCUT2D eigenvalue weighted by Crippen LogP contribution is 2.24. The maximum atomic E-state index is 9.26. The summed E-state index contributed by atoms with van der Waals surface area (Å²) < 4.78 is 0. The molecule has 0 bridgehead atoms. The highest BCUT2D eigenvalue weighted by Gasteiger charge is 2.20. The van der Waals surface area contributed by atoms with E-state index in [1.165, 1.54) is 5.56 Å². The molecule has 1 rings (SSSR count). The number of nitrogens with one attached hydrogen (secondary N) is 1. The van der Waals surface area contributed by atoms with Crippen LogP contribution in [0.15, 0.2) is 36.9 Å². The van der Waals surface area contributed by atoms with E-state index in [1.54, 1.807) is 12.1 Å². The first kappa shape index (κ1) is 13.8. The van der Waals surface area contributed by atoms with Gasteiger partial charge in [0.2, 0.25) is 0 Å². The van der Waals surface area contributed by atoms with Crippen LogP contribution in [-0.2, 0) is 6.42 Å². The van der Waals surface area contributed by atoms with Gasteiger partial charge in [-0.3, -0.25) is 0 Å². The van der Waals surface area contributed by atoms with Gasteiger partial charge in [-0.25, -0.2) is 0 Å². The van der Waals surface area contributed by atoms with Gasteiger partial charge in [0.1, 0.15) is 5.75 Å². The number of hydrogen-bond acceptors (Lipinski definition) is 2. The minimum Gasteiger partial charge on any atom is -0.508 e. The quantitative estimate of drug-likeness (QED) is 0.740. The van der Waals surface area contributed by atoms with Gasteiger partial charge in [0, 0.05) is 18.0 Å². The van der Waals surface area contributed by atoms with Crippen LogP contribution in [0.25, 0.3) is 0 Å². The molecule has 0 amide bonds. The molecule has 0 heterocycles. The van der Waals surface area contributed by atoms with Crippen LogP contribution in [0, 0.1) is 5.41 Å². The van der Waals surface area contributed by atoms with Crippen molar-refractivity contribution in [3.05, 3.63) is 42.5 Å². The summed E-state index contributed by atoms with van der Waals surface area (Å²) in [4.78, 5) is 0. The molecule has 2 N–H and O–H groups in total. The zero-order valence-corrected chi connectivity index (χ0v) is 11.0. The lowest BCUT2D eigenvalue weighted by atomic mass is 9.83. The molecule has 1 aromatic carbocycles. The van der Waals surface area contributed by atoms with Crippen molar-refractivity contribution in [3.8, 4) is 5.75 Å². The molecular weight excluding hydrogens is 210 g/mol. The molecule has 1 aromatic rings. The van der Waals surface area contributed by atoms with E-state index < -0.39 is 0 Å². The molecule has 0 fully saturated rings. The second-order valence-corrected chi connectivity index (χ2v) is 5.24. The number of phenolic OH excluding ortho intramolecular Hbond substituents is 1. The van der Waals surface area contributed by atoms with Crippen molar-refractivity contribution in [3.63, 3.8) is 0 Å². The molecule has 1 unspecified atom stereocenters. The minimum absolute atomic E-state index is 0.0429. The van der Waals surface area contributed by atoms with Crippen LogP contribution >= 0.6 is 0 Å². The molecule has 0 aliphatic carbocycles. The van der Waals surface area contributed by atoms with Crippen molar-refractivity contribution in [1.82, 2.24) is 5.32 Å². The first-order valence-corrected chi connectivity index (χ1v) is 6.10. The highest BCUT2D eigenvalue weighted by molar-refractivity contribution is 5.27. The van der Waals surface area contributed by atoms with Gasteiger partial charge < -0.3 is 10.4 Å². The van der Waals surface area contributed by atoms with Crippen LogP contribution in [0.3, 0.4) is 0 Å². The van der Waals surface area contributed by atoms with E-state index in [9.17, 15) is 5.11 Å². The Hall–Kier alpha value is -1.28. The predicted molar refractivity (Wildman–Crippen MR) is 73.3 cm³/mol. The molecule has 0 spiro atoms. The SMILES string of the molecule is C=CC(C)(CNC(C)C)Cc1ccc(O)cc1. The van der Waals surface area contributed by atoms with Gasteiger partial charge in [-0.15, -0.1) is 6.58 Å². The molecular formula is C15H23NO. The van der Waals surface area contributed by atoms with Crippen molar-refractivity contribution in [2.24, 2.45) is 5.41 Å². The topological polar surface area (TPSA) is 32.3 Å². The second kappa shape index (κ2) is 5.87. The monoisotopic (exact) mass is 233 g/mol. The van der Waals surface area contributed by atoms with Gasteiger partial charge in [0.05, 0.1) is 0 Å². The summed E-state index contributed by atoms with van der Waals surface area (Å²) in [7, 11) is 0. The lowest BCUT2D eigenvalue weighted by molar-refractivity contribution is 0.373. The number of benzene rings is 1. The van der Waals surface area contributed by atoms with Crippen LogP contribution in [0.4, 0.5) is 0 Å². The zero-order valence-electron chi connectivity index (χ0n) is 11.0. The number of aromatic hydroxyl groups is 1. The smallest absolute Gasteiger partial charge is 0.115 e. The highest BCUT2D eigenvalue weighted by atomic mass is 16.3. The van der Waals surface area contributed by atoms with Gasteiger partial charge in [0.25, 0.3) is 0 Å². The van der Waals surface area contributed by atoms with E-state index in [0.29, 0.717) is 11.8 Å². The Balaban J connectivity index is 2.67. The van der Waals surface area contributed by atoms with E-state index in [4.69, 9.17) is 0 Å². The molecule has 17 heavy (non-hydrogen) atoms. The van der Waals surface area contributed by atoms with Crippen molar-refractivity contribution in [2.75, 3.05) is 6.54 Å². The van der Waals surface area contributed by atoms with Crippen LogP contribution < -0.4 is 5.32 Å². The third-order valence-electron chi connectivity index (χ3n) is 2.95. The summed E-state index contributed by atoms with van der Waals surface area (Å²) in [6.07, 6.45) is 2.94. The summed E-state index contributed by atoms with van der Waals surface area (Å²) in [5.41, 5.74) is 1.26. The second-order valence-electron chi connectivity index (χ2n) is 5.24. The first-order valence-electron chi connectivity index (χ1n) is 6.10. The Morgan fingerprint density at radius 3 is 2.41 bits per heavy atom. The van der Waals surface area contributed by atoms with E-state index in [1.807, 2.05) is 18.2 Å². The fraction of sp³-hybridized carbons (Fsp3) is 0.467. The summed E-state index contributed by atoms with van der Waals surface area (Å²) in [5.74, 6) is 0.314. The van der Waals surface area contributed by atoms with E-state index in [2.05, 4.69) is 32.7 Å². The average molecular weight is 233 g/mol. The Labute approximate surface area is 104 Å².